The number of halogens is 2. The van der Waals surface area contributed by atoms with Crippen molar-refractivity contribution in [2.24, 2.45) is 5.92 Å². The molecule has 116 valence electrons. The van der Waals surface area contributed by atoms with Crippen LogP contribution in [0, 0.1) is 11.7 Å². The van der Waals surface area contributed by atoms with Gasteiger partial charge in [-0.3, -0.25) is 4.79 Å². The summed E-state index contributed by atoms with van der Waals surface area (Å²) in [7, 11) is 1.08. The summed E-state index contributed by atoms with van der Waals surface area (Å²) in [6.45, 7) is 2.96. The van der Waals surface area contributed by atoms with Crippen LogP contribution in [0.5, 0.6) is 0 Å². The van der Waals surface area contributed by atoms with Crippen LogP contribution < -0.4 is 5.32 Å². The third-order valence-corrected chi connectivity index (χ3v) is 4.81. The molecular weight excluding hydrogens is 321 g/mol. The smallest absolute Gasteiger partial charge is 0.261 e. The van der Waals surface area contributed by atoms with E-state index in [1.54, 1.807) is 0 Å². The Morgan fingerprint density at radius 3 is 2.76 bits per heavy atom. The largest absolute Gasteiger partial charge is 0.378 e. The van der Waals surface area contributed by atoms with Crippen LogP contribution in [0.1, 0.15) is 23.7 Å². The highest BCUT2D eigenvalue weighted by Gasteiger charge is 2.25. The number of benzene rings is 1. The summed E-state index contributed by atoms with van der Waals surface area (Å²) in [5, 5.41) is 2.65. The molecule has 1 amide bonds. The van der Waals surface area contributed by atoms with E-state index in [-0.39, 0.29) is 17.6 Å². The van der Waals surface area contributed by atoms with E-state index in [2.05, 4.69) is 5.32 Å². The van der Waals surface area contributed by atoms with Gasteiger partial charge in [-0.05, 0) is 31.5 Å². The lowest BCUT2D eigenvalue weighted by Gasteiger charge is -2.14. The Labute approximate surface area is 126 Å². The lowest BCUT2D eigenvalue weighted by Crippen LogP contribution is -2.32. The first-order chi connectivity index (χ1) is 9.77. The van der Waals surface area contributed by atoms with Crippen LogP contribution in [0.25, 0.3) is 0 Å². The molecular formula is C13H15ClFNO4S. The molecule has 1 saturated heterocycles. The van der Waals surface area contributed by atoms with Crippen molar-refractivity contribution in [2.45, 2.75) is 24.3 Å². The fourth-order valence-electron chi connectivity index (χ4n) is 2.20. The second-order valence-electron chi connectivity index (χ2n) is 4.95. The summed E-state index contributed by atoms with van der Waals surface area (Å²) in [6.07, 6.45) is 0.892. The van der Waals surface area contributed by atoms with Gasteiger partial charge in [-0.1, -0.05) is 0 Å². The third-order valence-electron chi connectivity index (χ3n) is 3.47. The van der Waals surface area contributed by atoms with Crippen LogP contribution >= 0.6 is 10.7 Å². The van der Waals surface area contributed by atoms with Crippen molar-refractivity contribution in [1.29, 1.82) is 0 Å². The van der Waals surface area contributed by atoms with Crippen LogP contribution in [0.15, 0.2) is 23.1 Å². The first kappa shape index (κ1) is 16.2. The zero-order valence-electron chi connectivity index (χ0n) is 11.3. The standard InChI is InChI=1S/C13H15ClFNO4S/c1-8-9(2-3-20-8)7-16-13(17)10-4-11(15)6-12(5-10)21(14,18)19/h4-6,8-9H,2-3,7H2,1H3,(H,16,17). The van der Waals surface area contributed by atoms with E-state index < -0.39 is 25.7 Å². The van der Waals surface area contributed by atoms with Gasteiger partial charge in [0.1, 0.15) is 5.82 Å². The molecule has 0 aliphatic carbocycles. The molecule has 1 aromatic carbocycles. The maximum atomic E-state index is 13.4. The SMILES string of the molecule is CC1OCCC1CNC(=O)c1cc(F)cc(S(=O)(=O)Cl)c1. The minimum absolute atomic E-state index is 0.0524. The second kappa shape index (κ2) is 6.29. The van der Waals surface area contributed by atoms with Gasteiger partial charge in [0.2, 0.25) is 0 Å². The molecule has 1 N–H and O–H groups in total. The highest BCUT2D eigenvalue weighted by atomic mass is 35.7. The van der Waals surface area contributed by atoms with E-state index in [4.69, 9.17) is 15.4 Å². The van der Waals surface area contributed by atoms with Crippen molar-refractivity contribution in [3.63, 3.8) is 0 Å². The van der Waals surface area contributed by atoms with Crippen molar-refractivity contribution in [3.8, 4) is 0 Å². The maximum absolute atomic E-state index is 13.4. The Bertz CT molecular complexity index is 650. The Kier molecular flexibility index (Phi) is 4.85. The highest BCUT2D eigenvalue weighted by Crippen LogP contribution is 2.20. The fraction of sp³-hybridized carbons (Fsp3) is 0.462. The topological polar surface area (TPSA) is 72.5 Å². The molecule has 0 saturated carbocycles. The molecule has 1 aliphatic rings. The fourth-order valence-corrected chi connectivity index (χ4v) is 2.99. The normalized spacial score (nSPS) is 22.2. The number of rotatable bonds is 4. The van der Waals surface area contributed by atoms with E-state index in [1.807, 2.05) is 6.92 Å². The second-order valence-corrected chi connectivity index (χ2v) is 7.51. The van der Waals surface area contributed by atoms with Gasteiger partial charge < -0.3 is 10.1 Å². The van der Waals surface area contributed by atoms with Crippen LogP contribution in [0.3, 0.4) is 0 Å². The molecule has 1 aromatic rings. The lowest BCUT2D eigenvalue weighted by atomic mass is 10.0. The van der Waals surface area contributed by atoms with Gasteiger partial charge in [-0.15, -0.1) is 0 Å². The van der Waals surface area contributed by atoms with Gasteiger partial charge in [-0.2, -0.15) is 0 Å². The first-order valence-corrected chi connectivity index (χ1v) is 8.73. The summed E-state index contributed by atoms with van der Waals surface area (Å²) in [4.78, 5) is 11.5. The summed E-state index contributed by atoms with van der Waals surface area (Å²) in [5.41, 5.74) is -0.0826. The number of ether oxygens (including phenoxy) is 1. The zero-order valence-corrected chi connectivity index (χ0v) is 12.9. The third kappa shape index (κ3) is 4.15. The summed E-state index contributed by atoms with van der Waals surface area (Å²) >= 11 is 0. The number of hydrogen-bond donors (Lipinski definition) is 1. The van der Waals surface area contributed by atoms with Crippen LogP contribution in [0.4, 0.5) is 4.39 Å². The van der Waals surface area contributed by atoms with Crippen molar-refractivity contribution >= 4 is 25.6 Å². The molecule has 8 heteroatoms. The van der Waals surface area contributed by atoms with Crippen LogP contribution in [-0.4, -0.2) is 33.6 Å². The molecule has 0 spiro atoms. The molecule has 21 heavy (non-hydrogen) atoms. The Balaban J connectivity index is 2.10. The van der Waals surface area contributed by atoms with Gasteiger partial charge in [0, 0.05) is 35.3 Å². The Morgan fingerprint density at radius 2 is 2.19 bits per heavy atom. The predicted molar refractivity (Wildman–Crippen MR) is 75.3 cm³/mol. The van der Waals surface area contributed by atoms with Crippen LogP contribution in [0.2, 0.25) is 0 Å². The number of carbonyl (C=O) groups excluding carboxylic acids is 1. The molecule has 2 rings (SSSR count). The molecule has 0 radical (unpaired) electrons. The molecule has 1 aliphatic heterocycles. The average Bonchev–Trinajstić information content (AvgIpc) is 2.79. The van der Waals surface area contributed by atoms with Gasteiger partial charge >= 0.3 is 0 Å². The van der Waals surface area contributed by atoms with Crippen molar-refractivity contribution in [1.82, 2.24) is 5.32 Å². The van der Waals surface area contributed by atoms with Crippen molar-refractivity contribution < 1.29 is 22.3 Å². The van der Waals surface area contributed by atoms with E-state index in [0.29, 0.717) is 13.2 Å². The molecule has 1 fully saturated rings. The summed E-state index contributed by atoms with van der Waals surface area (Å²) in [5.74, 6) is -1.19. The molecule has 0 bridgehead atoms. The van der Waals surface area contributed by atoms with E-state index >= 15 is 0 Å². The maximum Gasteiger partial charge on any atom is 0.261 e. The zero-order chi connectivity index (χ0) is 15.6. The molecule has 2 unspecified atom stereocenters. The number of nitrogens with one attached hydrogen (secondary N) is 1. The Hall–Kier alpha value is -1.18. The van der Waals surface area contributed by atoms with Gasteiger partial charge in [0.15, 0.2) is 0 Å². The minimum atomic E-state index is -4.09. The number of carbonyl (C=O) groups is 1. The van der Waals surface area contributed by atoms with E-state index in [1.165, 1.54) is 0 Å². The summed E-state index contributed by atoms with van der Waals surface area (Å²) in [6, 6.07) is 2.79. The van der Waals surface area contributed by atoms with Gasteiger partial charge in [-0.25, -0.2) is 12.8 Å². The van der Waals surface area contributed by atoms with Gasteiger partial charge in [0.05, 0.1) is 11.0 Å². The predicted octanol–water partition coefficient (Wildman–Crippen LogP) is 1.91. The quantitative estimate of drug-likeness (QED) is 0.853. The van der Waals surface area contributed by atoms with Crippen molar-refractivity contribution in [3.05, 3.63) is 29.6 Å². The van der Waals surface area contributed by atoms with Crippen LogP contribution in [-0.2, 0) is 13.8 Å². The van der Waals surface area contributed by atoms with Crippen molar-refractivity contribution in [2.75, 3.05) is 13.2 Å². The first-order valence-electron chi connectivity index (χ1n) is 6.42. The molecule has 2 atom stereocenters. The highest BCUT2D eigenvalue weighted by molar-refractivity contribution is 8.13. The number of hydrogen-bond acceptors (Lipinski definition) is 4. The monoisotopic (exact) mass is 335 g/mol. The van der Waals surface area contributed by atoms with E-state index in [0.717, 1.165) is 24.6 Å². The lowest BCUT2D eigenvalue weighted by molar-refractivity contribution is 0.0907. The Morgan fingerprint density at radius 1 is 1.48 bits per heavy atom. The number of amides is 1. The minimum Gasteiger partial charge on any atom is -0.378 e. The molecule has 0 aromatic heterocycles. The summed E-state index contributed by atoms with van der Waals surface area (Å²) < 4.78 is 41.2. The molecule has 1 heterocycles. The van der Waals surface area contributed by atoms with Gasteiger partial charge in [0.25, 0.3) is 15.0 Å². The molecule has 5 nitrogen and oxygen atoms in total. The van der Waals surface area contributed by atoms with E-state index in [9.17, 15) is 17.6 Å². The average molecular weight is 336 g/mol.